The third-order valence-electron chi connectivity index (χ3n) is 3.71. The molecular weight excluding hydrogens is 340 g/mol. The molecule has 2 N–H and O–H groups in total. The first-order valence-electron chi connectivity index (χ1n) is 7.25. The molecule has 4 heteroatoms. The van der Waals surface area contributed by atoms with Gasteiger partial charge in [-0.25, -0.2) is 0 Å². The zero-order chi connectivity index (χ0) is 14.5. The first kappa shape index (κ1) is 16.6. The van der Waals surface area contributed by atoms with Gasteiger partial charge in [-0.15, -0.1) is 17.0 Å². The third-order valence-corrected chi connectivity index (χ3v) is 3.71. The molecule has 22 heavy (non-hydrogen) atoms. The average molecular weight is 361 g/mol. The molecule has 3 rings (SSSR count). The molecule has 0 unspecified atom stereocenters. The number of para-hydroxylation sites is 1. The van der Waals surface area contributed by atoms with Crippen LogP contribution >= 0.6 is 17.0 Å². The Balaban J connectivity index is 0.00000176. The Kier molecular flexibility index (Phi) is 6.04. The van der Waals surface area contributed by atoms with Crippen molar-refractivity contribution in [3.8, 4) is 5.75 Å². The molecule has 0 saturated heterocycles. The Bertz CT molecular complexity index is 724. The number of nitrogens with one attached hydrogen (secondary N) is 2. The molecule has 3 nitrogen and oxygen atoms in total. The Hall–Kier alpha value is -1.78. The highest BCUT2D eigenvalue weighted by atomic mass is 79.9. The van der Waals surface area contributed by atoms with Gasteiger partial charge in [0.2, 0.25) is 0 Å². The Labute approximate surface area is 141 Å². The van der Waals surface area contributed by atoms with Crippen molar-refractivity contribution in [1.29, 1.82) is 0 Å². The molecule has 0 aliphatic heterocycles. The zero-order valence-electron chi connectivity index (χ0n) is 12.6. The summed E-state index contributed by atoms with van der Waals surface area (Å²) in [6.45, 7) is 1.82. The van der Waals surface area contributed by atoms with E-state index in [-0.39, 0.29) is 17.0 Å². The Morgan fingerprint density at radius 1 is 1.09 bits per heavy atom. The van der Waals surface area contributed by atoms with Gasteiger partial charge in [-0.2, -0.15) is 0 Å². The summed E-state index contributed by atoms with van der Waals surface area (Å²) in [6.07, 6.45) is 3.13. The fourth-order valence-electron chi connectivity index (χ4n) is 2.58. The fourth-order valence-corrected chi connectivity index (χ4v) is 2.58. The number of hydrogen-bond acceptors (Lipinski definition) is 2. The van der Waals surface area contributed by atoms with E-state index < -0.39 is 0 Å². The van der Waals surface area contributed by atoms with Crippen LogP contribution in [-0.4, -0.2) is 18.6 Å². The van der Waals surface area contributed by atoms with E-state index in [1.165, 1.54) is 22.0 Å². The summed E-state index contributed by atoms with van der Waals surface area (Å²) in [5, 5.41) is 4.81. The minimum Gasteiger partial charge on any atom is -0.497 e. The number of benzene rings is 2. The summed E-state index contributed by atoms with van der Waals surface area (Å²) in [5.74, 6) is 0.908. The van der Waals surface area contributed by atoms with E-state index in [9.17, 15) is 0 Å². The lowest BCUT2D eigenvalue weighted by molar-refractivity contribution is 0.414. The number of fused-ring (bicyclic) bond motifs is 1. The molecule has 0 aliphatic rings. The minimum atomic E-state index is 0. The molecule has 116 valence electrons. The van der Waals surface area contributed by atoms with Crippen molar-refractivity contribution in [3.63, 3.8) is 0 Å². The van der Waals surface area contributed by atoms with Gasteiger partial charge in [0.05, 0.1) is 7.11 Å². The van der Waals surface area contributed by atoms with E-state index in [2.05, 4.69) is 52.9 Å². The predicted molar refractivity (Wildman–Crippen MR) is 97.0 cm³/mol. The largest absolute Gasteiger partial charge is 0.497 e. The lowest BCUT2D eigenvalue weighted by Crippen LogP contribution is -2.16. The second-order valence-corrected chi connectivity index (χ2v) is 5.14. The number of aromatic nitrogens is 1. The normalized spacial score (nSPS) is 10.4. The number of ether oxygens (including phenoxy) is 1. The maximum atomic E-state index is 5.24. The lowest BCUT2D eigenvalue weighted by Gasteiger charge is -2.06. The number of methoxy groups -OCH3 is 1. The van der Waals surface area contributed by atoms with Gasteiger partial charge in [-0.05, 0) is 42.3 Å². The summed E-state index contributed by atoms with van der Waals surface area (Å²) in [7, 11) is 1.70. The van der Waals surface area contributed by atoms with Gasteiger partial charge in [0.15, 0.2) is 0 Å². The Morgan fingerprint density at radius 3 is 2.82 bits per heavy atom. The molecule has 0 radical (unpaired) electrons. The molecule has 0 fully saturated rings. The quantitative estimate of drug-likeness (QED) is 0.649. The fraction of sp³-hybridized carbons (Fsp3) is 0.222. The molecule has 0 bridgehead atoms. The van der Waals surface area contributed by atoms with E-state index in [0.717, 1.165) is 25.3 Å². The van der Waals surface area contributed by atoms with Crippen molar-refractivity contribution >= 4 is 27.9 Å². The molecule has 0 spiro atoms. The maximum absolute atomic E-state index is 5.24. The van der Waals surface area contributed by atoms with E-state index in [4.69, 9.17) is 4.74 Å². The monoisotopic (exact) mass is 360 g/mol. The van der Waals surface area contributed by atoms with Crippen LogP contribution in [0.3, 0.4) is 0 Å². The number of rotatable bonds is 6. The van der Waals surface area contributed by atoms with E-state index >= 15 is 0 Å². The second kappa shape index (κ2) is 8.01. The molecular formula is C18H21BrN2O. The van der Waals surface area contributed by atoms with Crippen LogP contribution in [0, 0.1) is 0 Å². The third kappa shape index (κ3) is 3.90. The van der Waals surface area contributed by atoms with Crippen molar-refractivity contribution in [2.24, 2.45) is 0 Å². The first-order chi connectivity index (χ1) is 10.4. The predicted octanol–water partition coefficient (Wildman–Crippen LogP) is 4.09. The Morgan fingerprint density at radius 2 is 1.95 bits per heavy atom. The highest BCUT2D eigenvalue weighted by Crippen LogP contribution is 2.17. The summed E-state index contributed by atoms with van der Waals surface area (Å²) in [5.41, 5.74) is 3.82. The van der Waals surface area contributed by atoms with Gasteiger partial charge in [0.1, 0.15) is 5.75 Å². The van der Waals surface area contributed by atoms with Gasteiger partial charge in [-0.1, -0.05) is 30.3 Å². The van der Waals surface area contributed by atoms with Crippen LogP contribution in [0.5, 0.6) is 5.75 Å². The number of H-pyrrole nitrogens is 1. The van der Waals surface area contributed by atoms with Crippen molar-refractivity contribution in [3.05, 3.63) is 65.9 Å². The van der Waals surface area contributed by atoms with Crippen LogP contribution in [0.2, 0.25) is 0 Å². The van der Waals surface area contributed by atoms with Crippen LogP contribution in [0.1, 0.15) is 11.1 Å². The van der Waals surface area contributed by atoms with Crippen LogP contribution in [0.15, 0.2) is 54.7 Å². The van der Waals surface area contributed by atoms with Crippen LogP contribution < -0.4 is 10.1 Å². The lowest BCUT2D eigenvalue weighted by atomic mass is 10.1. The molecule has 0 amide bonds. The molecule has 0 atom stereocenters. The van der Waals surface area contributed by atoms with Gasteiger partial charge in [0.25, 0.3) is 0 Å². The standard InChI is InChI=1S/C18H20N2O.BrH/c1-21-16-6-4-5-14(11-16)12-19-10-9-15-13-20-18-8-3-2-7-17(15)18;/h2-8,11,13,19-20H,9-10,12H2,1H3;1H. The van der Waals surface area contributed by atoms with Crippen LogP contribution in [0.4, 0.5) is 0 Å². The molecule has 0 saturated carbocycles. The number of aromatic amines is 1. The smallest absolute Gasteiger partial charge is 0.119 e. The molecule has 1 heterocycles. The van der Waals surface area contributed by atoms with Gasteiger partial charge in [-0.3, -0.25) is 0 Å². The van der Waals surface area contributed by atoms with E-state index in [1.807, 2.05) is 12.1 Å². The van der Waals surface area contributed by atoms with Crippen LogP contribution in [0.25, 0.3) is 10.9 Å². The van der Waals surface area contributed by atoms with Crippen LogP contribution in [-0.2, 0) is 13.0 Å². The summed E-state index contributed by atoms with van der Waals surface area (Å²) >= 11 is 0. The molecule has 3 aromatic rings. The van der Waals surface area contributed by atoms with E-state index in [0.29, 0.717) is 0 Å². The van der Waals surface area contributed by atoms with Crippen molar-refractivity contribution in [2.75, 3.05) is 13.7 Å². The summed E-state index contributed by atoms with van der Waals surface area (Å²) < 4.78 is 5.24. The highest BCUT2D eigenvalue weighted by molar-refractivity contribution is 8.93. The number of halogens is 1. The van der Waals surface area contributed by atoms with Gasteiger partial charge in [0, 0.05) is 23.6 Å². The second-order valence-electron chi connectivity index (χ2n) is 5.14. The van der Waals surface area contributed by atoms with E-state index in [1.54, 1.807) is 7.11 Å². The molecule has 1 aromatic heterocycles. The summed E-state index contributed by atoms with van der Waals surface area (Å²) in [4.78, 5) is 3.32. The first-order valence-corrected chi connectivity index (χ1v) is 7.25. The SMILES string of the molecule is Br.COc1cccc(CNCCc2c[nH]c3ccccc23)c1. The topological polar surface area (TPSA) is 37.0 Å². The average Bonchev–Trinajstić information content (AvgIpc) is 2.95. The zero-order valence-corrected chi connectivity index (χ0v) is 14.3. The van der Waals surface area contributed by atoms with Crippen molar-refractivity contribution < 1.29 is 4.74 Å². The molecule has 2 aromatic carbocycles. The summed E-state index contributed by atoms with van der Waals surface area (Å²) in [6, 6.07) is 16.6. The van der Waals surface area contributed by atoms with Gasteiger partial charge < -0.3 is 15.0 Å². The highest BCUT2D eigenvalue weighted by Gasteiger charge is 2.02. The van der Waals surface area contributed by atoms with Crippen molar-refractivity contribution in [2.45, 2.75) is 13.0 Å². The maximum Gasteiger partial charge on any atom is 0.119 e. The number of hydrogen-bond donors (Lipinski definition) is 2. The minimum absolute atomic E-state index is 0. The molecule has 0 aliphatic carbocycles. The van der Waals surface area contributed by atoms with Gasteiger partial charge >= 0.3 is 0 Å². The van der Waals surface area contributed by atoms with Crippen molar-refractivity contribution in [1.82, 2.24) is 10.3 Å².